The van der Waals surface area contributed by atoms with Crippen LogP contribution in [0.4, 0.5) is 0 Å². The monoisotopic (exact) mass is 259 g/mol. The van der Waals surface area contributed by atoms with E-state index < -0.39 is 6.10 Å². The summed E-state index contributed by atoms with van der Waals surface area (Å²) in [5.74, 6) is 0. The summed E-state index contributed by atoms with van der Waals surface area (Å²) in [6.45, 7) is 6.54. The molecule has 0 saturated carbocycles. The maximum absolute atomic E-state index is 9.95. The van der Waals surface area contributed by atoms with Crippen molar-refractivity contribution in [3.63, 3.8) is 0 Å². The van der Waals surface area contributed by atoms with E-state index in [9.17, 15) is 10.2 Å². The van der Waals surface area contributed by atoms with E-state index in [4.69, 9.17) is 4.74 Å². The standard InChI is InChI=1S/C14H29NO3/c1-3-18-11-14(17)10-15-8-6-4-5-7-13(15)9-12(2)16/h12-14,16-17H,3-11H2,1-2H3. The average Bonchev–Trinajstić information content (AvgIpc) is 2.52. The number of rotatable bonds is 7. The number of aliphatic hydroxyl groups excluding tert-OH is 2. The summed E-state index contributed by atoms with van der Waals surface area (Å²) in [6.07, 6.45) is 4.94. The first kappa shape index (κ1) is 15.9. The molecule has 1 fully saturated rings. The molecule has 1 rings (SSSR count). The lowest BCUT2D eigenvalue weighted by molar-refractivity contribution is 0.00713. The zero-order valence-electron chi connectivity index (χ0n) is 11.8. The van der Waals surface area contributed by atoms with E-state index in [0.29, 0.717) is 25.8 Å². The summed E-state index contributed by atoms with van der Waals surface area (Å²) in [5, 5.41) is 19.5. The molecule has 1 saturated heterocycles. The molecule has 0 bridgehead atoms. The predicted octanol–water partition coefficient (Wildman–Crippen LogP) is 1.40. The molecule has 3 unspecified atom stereocenters. The average molecular weight is 259 g/mol. The van der Waals surface area contributed by atoms with Crippen LogP contribution < -0.4 is 0 Å². The Bertz CT molecular complexity index is 211. The minimum atomic E-state index is -0.417. The summed E-state index contributed by atoms with van der Waals surface area (Å²) in [5.41, 5.74) is 0. The molecule has 0 spiro atoms. The minimum Gasteiger partial charge on any atom is -0.393 e. The van der Waals surface area contributed by atoms with E-state index >= 15 is 0 Å². The minimum absolute atomic E-state index is 0.264. The zero-order valence-corrected chi connectivity index (χ0v) is 11.8. The second-order valence-electron chi connectivity index (χ2n) is 5.40. The number of hydrogen-bond donors (Lipinski definition) is 2. The van der Waals surface area contributed by atoms with Crippen LogP contribution in [0, 0.1) is 0 Å². The maximum atomic E-state index is 9.95. The molecular formula is C14H29NO3. The fourth-order valence-electron chi connectivity index (χ4n) is 2.72. The van der Waals surface area contributed by atoms with Gasteiger partial charge in [-0.05, 0) is 39.7 Å². The summed E-state index contributed by atoms with van der Waals surface area (Å²) in [6, 6.07) is 0.406. The molecule has 0 aromatic rings. The highest BCUT2D eigenvalue weighted by Gasteiger charge is 2.24. The van der Waals surface area contributed by atoms with Gasteiger partial charge in [0.15, 0.2) is 0 Å². The Kier molecular flexibility index (Phi) is 7.82. The van der Waals surface area contributed by atoms with E-state index in [0.717, 1.165) is 19.4 Å². The lowest BCUT2D eigenvalue weighted by atomic mass is 10.0. The Morgan fingerprint density at radius 2 is 2.06 bits per heavy atom. The summed E-state index contributed by atoms with van der Waals surface area (Å²) >= 11 is 0. The van der Waals surface area contributed by atoms with Gasteiger partial charge >= 0.3 is 0 Å². The maximum Gasteiger partial charge on any atom is 0.0900 e. The van der Waals surface area contributed by atoms with E-state index in [2.05, 4.69) is 4.90 Å². The third-order valence-corrected chi connectivity index (χ3v) is 3.57. The molecule has 0 amide bonds. The van der Waals surface area contributed by atoms with E-state index in [-0.39, 0.29) is 6.10 Å². The van der Waals surface area contributed by atoms with E-state index in [1.54, 1.807) is 0 Å². The second kappa shape index (κ2) is 8.86. The Morgan fingerprint density at radius 3 is 2.72 bits per heavy atom. The van der Waals surface area contributed by atoms with Crippen molar-refractivity contribution in [1.29, 1.82) is 0 Å². The number of likely N-dealkylation sites (tertiary alicyclic amines) is 1. The first-order valence-corrected chi connectivity index (χ1v) is 7.31. The quantitative estimate of drug-likeness (QED) is 0.725. The third kappa shape index (κ3) is 6.14. The highest BCUT2D eigenvalue weighted by atomic mass is 16.5. The molecule has 0 aliphatic carbocycles. The fraction of sp³-hybridized carbons (Fsp3) is 1.00. The van der Waals surface area contributed by atoms with Crippen molar-refractivity contribution >= 4 is 0 Å². The van der Waals surface area contributed by atoms with Crippen LogP contribution in [0.1, 0.15) is 46.0 Å². The van der Waals surface area contributed by atoms with Crippen molar-refractivity contribution in [3.8, 4) is 0 Å². The SMILES string of the molecule is CCOCC(O)CN1CCCCCC1CC(C)O. The van der Waals surface area contributed by atoms with Crippen molar-refractivity contribution in [2.24, 2.45) is 0 Å². The van der Waals surface area contributed by atoms with Crippen LogP contribution in [0.15, 0.2) is 0 Å². The molecule has 0 radical (unpaired) electrons. The summed E-state index contributed by atoms with van der Waals surface area (Å²) in [7, 11) is 0. The van der Waals surface area contributed by atoms with Gasteiger partial charge in [0.05, 0.1) is 18.8 Å². The van der Waals surface area contributed by atoms with E-state index in [1.165, 1.54) is 19.3 Å². The number of aliphatic hydroxyl groups is 2. The van der Waals surface area contributed by atoms with Gasteiger partial charge < -0.3 is 14.9 Å². The highest BCUT2D eigenvalue weighted by molar-refractivity contribution is 4.79. The molecule has 2 N–H and O–H groups in total. The molecule has 4 heteroatoms. The van der Waals surface area contributed by atoms with Crippen molar-refractivity contribution in [1.82, 2.24) is 4.90 Å². The lowest BCUT2D eigenvalue weighted by Crippen LogP contribution is -2.42. The first-order chi connectivity index (χ1) is 8.63. The van der Waals surface area contributed by atoms with Crippen molar-refractivity contribution < 1.29 is 14.9 Å². The highest BCUT2D eigenvalue weighted by Crippen LogP contribution is 2.20. The number of nitrogens with zero attached hydrogens (tertiary/aromatic N) is 1. The van der Waals surface area contributed by atoms with Gasteiger partial charge in [-0.25, -0.2) is 0 Å². The third-order valence-electron chi connectivity index (χ3n) is 3.57. The van der Waals surface area contributed by atoms with Gasteiger partial charge in [-0.15, -0.1) is 0 Å². The summed E-state index contributed by atoms with van der Waals surface area (Å²) < 4.78 is 5.26. The molecular weight excluding hydrogens is 230 g/mol. The van der Waals surface area contributed by atoms with Crippen LogP contribution in [0.2, 0.25) is 0 Å². The number of hydrogen-bond acceptors (Lipinski definition) is 4. The Labute approximate surface area is 111 Å². The molecule has 0 aromatic heterocycles. The molecule has 1 heterocycles. The van der Waals surface area contributed by atoms with Crippen LogP contribution in [0.5, 0.6) is 0 Å². The molecule has 0 aromatic carbocycles. The molecule has 3 atom stereocenters. The van der Waals surface area contributed by atoms with Gasteiger partial charge in [-0.2, -0.15) is 0 Å². The van der Waals surface area contributed by atoms with Crippen LogP contribution in [0.3, 0.4) is 0 Å². The second-order valence-corrected chi connectivity index (χ2v) is 5.40. The fourth-order valence-corrected chi connectivity index (χ4v) is 2.72. The van der Waals surface area contributed by atoms with Gasteiger partial charge in [0.25, 0.3) is 0 Å². The molecule has 18 heavy (non-hydrogen) atoms. The lowest BCUT2D eigenvalue weighted by Gasteiger charge is -2.32. The topological polar surface area (TPSA) is 52.9 Å². The van der Waals surface area contributed by atoms with Gasteiger partial charge in [-0.3, -0.25) is 4.90 Å². The van der Waals surface area contributed by atoms with Crippen LogP contribution in [-0.4, -0.2) is 59.7 Å². The van der Waals surface area contributed by atoms with Crippen LogP contribution in [-0.2, 0) is 4.74 Å². The molecule has 4 nitrogen and oxygen atoms in total. The normalized spacial score (nSPS) is 25.7. The number of β-amino-alcohol motifs (C(OH)–C–C–N with tert-alkyl or cyclic N) is 1. The predicted molar refractivity (Wildman–Crippen MR) is 72.6 cm³/mol. The van der Waals surface area contributed by atoms with Gasteiger partial charge in [0.2, 0.25) is 0 Å². The zero-order chi connectivity index (χ0) is 13.4. The van der Waals surface area contributed by atoms with Gasteiger partial charge in [0.1, 0.15) is 0 Å². The van der Waals surface area contributed by atoms with Crippen LogP contribution in [0.25, 0.3) is 0 Å². The Hall–Kier alpha value is -0.160. The van der Waals surface area contributed by atoms with Gasteiger partial charge in [0, 0.05) is 19.2 Å². The Balaban J connectivity index is 2.45. The van der Waals surface area contributed by atoms with Gasteiger partial charge in [-0.1, -0.05) is 12.8 Å². The molecule has 1 aliphatic rings. The van der Waals surface area contributed by atoms with Crippen LogP contribution >= 0.6 is 0 Å². The van der Waals surface area contributed by atoms with Crippen molar-refractivity contribution in [3.05, 3.63) is 0 Å². The van der Waals surface area contributed by atoms with E-state index in [1.807, 2.05) is 13.8 Å². The number of ether oxygens (including phenoxy) is 1. The van der Waals surface area contributed by atoms with Crippen molar-refractivity contribution in [2.75, 3.05) is 26.3 Å². The van der Waals surface area contributed by atoms with Crippen molar-refractivity contribution in [2.45, 2.75) is 64.2 Å². The largest absolute Gasteiger partial charge is 0.393 e. The smallest absolute Gasteiger partial charge is 0.0900 e. The molecule has 108 valence electrons. The Morgan fingerprint density at radius 1 is 1.28 bits per heavy atom. The molecule has 1 aliphatic heterocycles. The summed E-state index contributed by atoms with van der Waals surface area (Å²) in [4.78, 5) is 2.34. The first-order valence-electron chi connectivity index (χ1n) is 7.31.